The van der Waals surface area contributed by atoms with Crippen LogP contribution in [0.1, 0.15) is 25.7 Å². The summed E-state index contributed by atoms with van der Waals surface area (Å²) < 4.78 is 0. The van der Waals surface area contributed by atoms with Crippen molar-refractivity contribution in [2.45, 2.75) is 37.8 Å². The SMILES string of the molecule is O=C(O)C1CN(C(=O)NC2CCN3CCCCC23)C1. The fraction of sp³-hybridized carbons (Fsp3) is 0.846. The van der Waals surface area contributed by atoms with Crippen molar-refractivity contribution in [3.8, 4) is 0 Å². The van der Waals surface area contributed by atoms with Crippen molar-refractivity contribution in [3.05, 3.63) is 0 Å². The summed E-state index contributed by atoms with van der Waals surface area (Å²) in [6, 6.07) is 0.654. The molecule has 0 aromatic rings. The van der Waals surface area contributed by atoms with E-state index in [0.29, 0.717) is 19.1 Å². The van der Waals surface area contributed by atoms with Gasteiger partial charge in [-0.25, -0.2) is 4.79 Å². The third kappa shape index (κ3) is 2.41. The van der Waals surface area contributed by atoms with Gasteiger partial charge in [-0.1, -0.05) is 6.42 Å². The first kappa shape index (κ1) is 12.7. The summed E-state index contributed by atoms with van der Waals surface area (Å²) in [4.78, 5) is 26.8. The van der Waals surface area contributed by atoms with Crippen molar-refractivity contribution in [1.82, 2.24) is 15.1 Å². The molecule has 2 N–H and O–H groups in total. The molecule has 3 saturated heterocycles. The Morgan fingerprint density at radius 3 is 2.63 bits per heavy atom. The highest BCUT2D eigenvalue weighted by Gasteiger charge is 2.40. The van der Waals surface area contributed by atoms with E-state index in [1.54, 1.807) is 4.90 Å². The minimum Gasteiger partial charge on any atom is -0.481 e. The maximum Gasteiger partial charge on any atom is 0.317 e. The smallest absolute Gasteiger partial charge is 0.317 e. The maximum atomic E-state index is 12.0. The van der Waals surface area contributed by atoms with E-state index in [-0.39, 0.29) is 18.0 Å². The van der Waals surface area contributed by atoms with Gasteiger partial charge in [0, 0.05) is 31.7 Å². The van der Waals surface area contributed by atoms with E-state index in [4.69, 9.17) is 5.11 Å². The molecule has 6 nitrogen and oxygen atoms in total. The second-order valence-electron chi connectivity index (χ2n) is 5.88. The summed E-state index contributed by atoms with van der Waals surface area (Å²) in [5.74, 6) is -1.18. The molecule has 0 aromatic heterocycles. The number of nitrogens with one attached hydrogen (secondary N) is 1. The molecule has 0 aliphatic carbocycles. The minimum atomic E-state index is -0.802. The standard InChI is InChI=1S/C13H21N3O3/c17-12(18)9-7-16(8-9)13(19)14-10-4-6-15-5-2-1-3-11(10)15/h9-11H,1-8H2,(H,14,19)(H,17,18). The second kappa shape index (κ2) is 5.00. The summed E-state index contributed by atoms with van der Waals surface area (Å²) in [5, 5.41) is 11.9. The van der Waals surface area contributed by atoms with Gasteiger partial charge in [0.05, 0.1) is 5.92 Å². The van der Waals surface area contributed by atoms with E-state index in [0.717, 1.165) is 19.5 Å². The number of hydrogen-bond donors (Lipinski definition) is 2. The van der Waals surface area contributed by atoms with Gasteiger partial charge in [-0.2, -0.15) is 0 Å². The number of likely N-dealkylation sites (tertiary alicyclic amines) is 1. The number of carbonyl (C=O) groups is 2. The number of aliphatic carboxylic acids is 1. The largest absolute Gasteiger partial charge is 0.481 e. The van der Waals surface area contributed by atoms with Gasteiger partial charge in [0.15, 0.2) is 0 Å². The Kier molecular flexibility index (Phi) is 3.35. The van der Waals surface area contributed by atoms with Crippen LogP contribution in [0.4, 0.5) is 4.79 Å². The van der Waals surface area contributed by atoms with Crippen molar-refractivity contribution < 1.29 is 14.7 Å². The molecular weight excluding hydrogens is 246 g/mol. The van der Waals surface area contributed by atoms with Crippen LogP contribution in [0.25, 0.3) is 0 Å². The molecule has 3 rings (SSSR count). The van der Waals surface area contributed by atoms with Crippen LogP contribution in [0, 0.1) is 5.92 Å². The highest BCUT2D eigenvalue weighted by atomic mass is 16.4. The lowest BCUT2D eigenvalue weighted by Gasteiger charge is -2.38. The van der Waals surface area contributed by atoms with E-state index in [1.165, 1.54) is 19.3 Å². The van der Waals surface area contributed by atoms with Gasteiger partial charge in [-0.05, 0) is 25.8 Å². The molecule has 3 fully saturated rings. The molecule has 0 bridgehead atoms. The van der Waals surface area contributed by atoms with Crippen molar-refractivity contribution in [2.75, 3.05) is 26.2 Å². The van der Waals surface area contributed by atoms with E-state index in [1.807, 2.05) is 0 Å². The average molecular weight is 267 g/mol. The molecule has 19 heavy (non-hydrogen) atoms. The van der Waals surface area contributed by atoms with Gasteiger partial charge < -0.3 is 15.3 Å². The van der Waals surface area contributed by atoms with Crippen molar-refractivity contribution in [2.24, 2.45) is 5.92 Å². The number of hydrogen-bond acceptors (Lipinski definition) is 3. The molecule has 2 unspecified atom stereocenters. The number of piperidine rings is 1. The topological polar surface area (TPSA) is 72.9 Å². The summed E-state index contributed by atoms with van der Waals surface area (Å²) in [6.45, 7) is 2.93. The first-order chi connectivity index (χ1) is 9.15. The molecule has 2 atom stereocenters. The molecule has 0 saturated carbocycles. The highest BCUT2D eigenvalue weighted by molar-refractivity contribution is 5.80. The molecule has 0 aromatic carbocycles. The number of nitrogens with zero attached hydrogens (tertiary/aromatic N) is 2. The van der Waals surface area contributed by atoms with E-state index >= 15 is 0 Å². The fourth-order valence-electron chi connectivity index (χ4n) is 3.47. The molecule has 0 radical (unpaired) electrons. The number of urea groups is 1. The number of carboxylic acid groups (broad SMARTS) is 1. The van der Waals surface area contributed by atoms with Gasteiger partial charge in [0.2, 0.25) is 0 Å². The van der Waals surface area contributed by atoms with Crippen molar-refractivity contribution >= 4 is 12.0 Å². The molecule has 2 amide bonds. The maximum absolute atomic E-state index is 12.0. The Morgan fingerprint density at radius 1 is 1.11 bits per heavy atom. The predicted octanol–water partition coefficient (Wildman–Crippen LogP) is 0.339. The Bertz CT molecular complexity index is 381. The van der Waals surface area contributed by atoms with E-state index < -0.39 is 5.97 Å². The van der Waals surface area contributed by atoms with Crippen LogP contribution < -0.4 is 5.32 Å². The summed E-state index contributed by atoms with van der Waals surface area (Å²) in [7, 11) is 0. The second-order valence-corrected chi connectivity index (χ2v) is 5.88. The van der Waals surface area contributed by atoms with Crippen LogP contribution in [0.5, 0.6) is 0 Å². The lowest BCUT2D eigenvalue weighted by atomic mass is 9.98. The van der Waals surface area contributed by atoms with E-state index in [2.05, 4.69) is 10.2 Å². The molecule has 106 valence electrons. The third-order valence-corrected chi connectivity index (χ3v) is 4.68. The van der Waals surface area contributed by atoms with Gasteiger partial charge in [-0.3, -0.25) is 9.69 Å². The summed E-state index contributed by atoms with van der Waals surface area (Å²) in [6.07, 6.45) is 4.71. The summed E-state index contributed by atoms with van der Waals surface area (Å²) in [5.41, 5.74) is 0. The predicted molar refractivity (Wildman–Crippen MR) is 68.8 cm³/mol. The summed E-state index contributed by atoms with van der Waals surface area (Å²) >= 11 is 0. The van der Waals surface area contributed by atoms with Crippen LogP contribution in [-0.4, -0.2) is 65.2 Å². The number of carbonyl (C=O) groups excluding carboxylic acids is 1. The lowest BCUT2D eigenvalue weighted by molar-refractivity contribution is -0.146. The Labute approximate surface area is 112 Å². The minimum absolute atomic E-state index is 0.0880. The van der Waals surface area contributed by atoms with Crippen molar-refractivity contribution in [1.29, 1.82) is 0 Å². The molecule has 6 heteroatoms. The molecule has 3 aliphatic rings. The Hall–Kier alpha value is -1.30. The van der Waals surface area contributed by atoms with Gasteiger partial charge in [-0.15, -0.1) is 0 Å². The van der Waals surface area contributed by atoms with Crippen molar-refractivity contribution in [3.63, 3.8) is 0 Å². The quantitative estimate of drug-likeness (QED) is 0.756. The van der Waals surface area contributed by atoms with Crippen LogP contribution in [0.2, 0.25) is 0 Å². The van der Waals surface area contributed by atoms with E-state index in [9.17, 15) is 9.59 Å². The molecule has 0 spiro atoms. The van der Waals surface area contributed by atoms with Crippen LogP contribution in [-0.2, 0) is 4.79 Å². The molecular formula is C13H21N3O3. The number of fused-ring (bicyclic) bond motifs is 1. The van der Waals surface area contributed by atoms with Gasteiger partial charge in [0.25, 0.3) is 0 Å². The Morgan fingerprint density at radius 2 is 1.89 bits per heavy atom. The van der Waals surface area contributed by atoms with Crippen LogP contribution in [0.15, 0.2) is 0 Å². The number of carboxylic acids is 1. The fourth-order valence-corrected chi connectivity index (χ4v) is 3.47. The Balaban J connectivity index is 1.49. The van der Waals surface area contributed by atoms with Gasteiger partial charge >= 0.3 is 12.0 Å². The molecule has 3 aliphatic heterocycles. The van der Waals surface area contributed by atoms with Crippen LogP contribution >= 0.6 is 0 Å². The van der Waals surface area contributed by atoms with Gasteiger partial charge in [0.1, 0.15) is 0 Å². The highest BCUT2D eigenvalue weighted by Crippen LogP contribution is 2.27. The monoisotopic (exact) mass is 267 g/mol. The zero-order valence-electron chi connectivity index (χ0n) is 11.0. The average Bonchev–Trinajstić information content (AvgIpc) is 2.70. The first-order valence-electron chi connectivity index (χ1n) is 7.17. The lowest BCUT2D eigenvalue weighted by Crippen LogP contribution is -2.59. The zero-order chi connectivity index (χ0) is 13.4. The number of rotatable bonds is 2. The van der Waals surface area contributed by atoms with Crippen LogP contribution in [0.3, 0.4) is 0 Å². The third-order valence-electron chi connectivity index (χ3n) is 4.68. The number of amides is 2. The zero-order valence-corrected chi connectivity index (χ0v) is 11.0. The molecule has 3 heterocycles. The normalized spacial score (nSPS) is 31.7. The first-order valence-corrected chi connectivity index (χ1v) is 7.17.